The highest BCUT2D eigenvalue weighted by molar-refractivity contribution is 9.10. The maximum absolute atomic E-state index is 5.63. The molecule has 0 aliphatic carbocycles. The number of nitrogens with zero attached hydrogens (tertiary/aromatic N) is 6. The number of hydrogen-bond acceptors (Lipinski definition) is 8. The summed E-state index contributed by atoms with van der Waals surface area (Å²) in [6, 6.07) is 23.8. The maximum Gasteiger partial charge on any atom is 0.0991 e. The van der Waals surface area contributed by atoms with Gasteiger partial charge in [0.25, 0.3) is 0 Å². The van der Waals surface area contributed by atoms with Gasteiger partial charge in [0.05, 0.1) is 48.1 Å². The van der Waals surface area contributed by atoms with E-state index in [9.17, 15) is 0 Å². The lowest BCUT2D eigenvalue weighted by atomic mass is 10.2. The lowest BCUT2D eigenvalue weighted by Crippen LogP contribution is -2.02. The molecule has 244 valence electrons. The number of benzene rings is 2. The van der Waals surface area contributed by atoms with Crippen LogP contribution in [0.4, 0.5) is 17.1 Å². The molecule has 0 fully saturated rings. The predicted octanol–water partition coefficient (Wildman–Crippen LogP) is 8.50. The molecular weight excluding hydrogens is 656 g/mol. The monoisotopic (exact) mass is 696 g/mol. The van der Waals surface area contributed by atoms with Crippen molar-refractivity contribution < 1.29 is 9.47 Å². The Morgan fingerprint density at radius 2 is 1.30 bits per heavy atom. The molecule has 0 saturated carbocycles. The highest BCUT2D eigenvalue weighted by Gasteiger charge is 2.07. The average molecular weight is 698 g/mol. The molecule has 0 aliphatic heterocycles. The molecule has 6 rings (SSSR count). The second-order valence-electron chi connectivity index (χ2n) is 10.3. The highest BCUT2D eigenvalue weighted by atomic mass is 79.9. The van der Waals surface area contributed by atoms with Crippen LogP contribution in [0.3, 0.4) is 0 Å². The van der Waals surface area contributed by atoms with Crippen LogP contribution >= 0.6 is 15.9 Å². The second-order valence-corrected chi connectivity index (χ2v) is 11.2. The Hall–Kier alpha value is -4.84. The fraction of sp³-hybridized carbons (Fsp3) is 0.222. The normalized spacial score (nSPS) is 11.8. The fourth-order valence-electron chi connectivity index (χ4n) is 4.44. The number of rotatable bonds is 10. The van der Waals surface area contributed by atoms with Gasteiger partial charge in [-0.15, -0.1) is 0 Å². The van der Waals surface area contributed by atoms with Gasteiger partial charge >= 0.3 is 0 Å². The van der Waals surface area contributed by atoms with Gasteiger partial charge in [0.1, 0.15) is 0 Å². The first kappa shape index (κ1) is 35.0. The van der Waals surface area contributed by atoms with Crippen LogP contribution < -0.4 is 11.1 Å². The van der Waals surface area contributed by atoms with Crippen molar-refractivity contribution in [3.05, 3.63) is 138 Å². The summed E-state index contributed by atoms with van der Waals surface area (Å²) >= 11 is 3.33. The molecule has 3 N–H and O–H groups in total. The smallest absolute Gasteiger partial charge is 0.0991 e. The van der Waals surface area contributed by atoms with Gasteiger partial charge in [-0.2, -0.15) is 0 Å². The second kappa shape index (κ2) is 18.3. The average Bonchev–Trinajstić information content (AvgIpc) is 3.83. The van der Waals surface area contributed by atoms with E-state index in [1.165, 1.54) is 0 Å². The molecule has 2 unspecified atom stereocenters. The van der Waals surface area contributed by atoms with Crippen molar-refractivity contribution >= 4 is 33.0 Å². The lowest BCUT2D eigenvalue weighted by Gasteiger charge is -2.12. The molecule has 2 atom stereocenters. The third-order valence-corrected chi connectivity index (χ3v) is 7.28. The molecule has 0 saturated heterocycles. The van der Waals surface area contributed by atoms with Crippen LogP contribution in [0.25, 0.3) is 11.4 Å². The summed E-state index contributed by atoms with van der Waals surface area (Å²) in [4.78, 5) is 16.7. The number of aromatic nitrogens is 6. The summed E-state index contributed by atoms with van der Waals surface area (Å²) < 4.78 is 15.8. The minimum Gasteiger partial charge on any atom is -0.399 e. The summed E-state index contributed by atoms with van der Waals surface area (Å²) in [7, 11) is 0. The largest absolute Gasteiger partial charge is 0.399 e. The first-order valence-corrected chi connectivity index (χ1v) is 16.2. The highest BCUT2D eigenvalue weighted by Crippen LogP contribution is 2.21. The van der Waals surface area contributed by atoms with Crippen LogP contribution in [-0.2, 0) is 9.47 Å². The van der Waals surface area contributed by atoms with E-state index in [-0.39, 0.29) is 12.2 Å². The molecule has 0 bridgehead atoms. The van der Waals surface area contributed by atoms with Gasteiger partial charge in [-0.05, 0) is 104 Å². The Labute approximate surface area is 284 Å². The lowest BCUT2D eigenvalue weighted by molar-refractivity contribution is 0.0732. The van der Waals surface area contributed by atoms with Crippen molar-refractivity contribution in [1.82, 2.24) is 29.1 Å². The maximum atomic E-state index is 5.63. The van der Waals surface area contributed by atoms with E-state index in [1.54, 1.807) is 31.2 Å². The first-order chi connectivity index (χ1) is 22.9. The third kappa shape index (κ3) is 11.2. The number of nitrogens with two attached hydrogens (primary N) is 1. The van der Waals surface area contributed by atoms with Crippen molar-refractivity contribution in [2.75, 3.05) is 24.3 Å². The van der Waals surface area contributed by atoms with Crippen LogP contribution in [0.5, 0.6) is 0 Å². The van der Waals surface area contributed by atoms with Gasteiger partial charge in [-0.1, -0.05) is 12.1 Å². The Balaban J connectivity index is 0.000000176. The molecule has 0 aliphatic rings. The SMILES string of the molecule is CCOC(C)c1ccc(Br)cn1.CCOC(C)c1ccc(Nc2cccc(-n3ccnc3)c2)cn1.Nc1cccc(-n2ccnc2)c1. The summed E-state index contributed by atoms with van der Waals surface area (Å²) in [5, 5.41) is 3.37. The number of hydrogen-bond donors (Lipinski definition) is 2. The Morgan fingerprint density at radius 3 is 1.79 bits per heavy atom. The topological polar surface area (TPSA) is 118 Å². The van der Waals surface area contributed by atoms with Gasteiger partial charge < -0.3 is 29.7 Å². The summed E-state index contributed by atoms with van der Waals surface area (Å²) in [6.45, 7) is 9.38. The standard InChI is InChI=1S/C18H20N4O.C9H12BrNO.C9H9N3/c1-3-23-14(2)18-8-7-16(12-20-18)21-15-5-4-6-17(11-15)22-10-9-19-13-22;1-3-12-7(2)9-5-4-8(10)6-11-9;10-8-2-1-3-9(6-8)12-5-4-11-7-12/h4-14,21H,3H2,1-2H3;4-7H,3H2,1-2H3;1-7H,10H2. The molecule has 0 amide bonds. The summed E-state index contributed by atoms with van der Waals surface area (Å²) in [5.41, 5.74) is 12.3. The minimum absolute atomic E-state index is 0.0126. The molecule has 47 heavy (non-hydrogen) atoms. The third-order valence-electron chi connectivity index (χ3n) is 6.81. The molecule has 0 spiro atoms. The number of ether oxygens (including phenoxy) is 2. The van der Waals surface area contributed by atoms with E-state index < -0.39 is 0 Å². The van der Waals surface area contributed by atoms with Gasteiger partial charge in [-0.25, -0.2) is 9.97 Å². The first-order valence-electron chi connectivity index (χ1n) is 15.4. The van der Waals surface area contributed by atoms with Crippen molar-refractivity contribution in [3.8, 4) is 11.4 Å². The summed E-state index contributed by atoms with van der Waals surface area (Å²) in [6.07, 6.45) is 14.5. The van der Waals surface area contributed by atoms with Crippen molar-refractivity contribution in [3.63, 3.8) is 0 Å². The van der Waals surface area contributed by atoms with Crippen LogP contribution in [0, 0.1) is 0 Å². The Bertz CT molecular complexity index is 1730. The zero-order valence-corrected chi connectivity index (χ0v) is 28.7. The van der Waals surface area contributed by atoms with E-state index >= 15 is 0 Å². The molecule has 4 heterocycles. The van der Waals surface area contributed by atoms with E-state index in [0.29, 0.717) is 6.61 Å². The van der Waals surface area contributed by atoms with Gasteiger partial charge in [0.2, 0.25) is 0 Å². The van der Waals surface area contributed by atoms with Gasteiger partial charge in [0.15, 0.2) is 0 Å². The zero-order valence-electron chi connectivity index (χ0n) is 27.1. The van der Waals surface area contributed by atoms with Crippen molar-refractivity contribution in [2.24, 2.45) is 0 Å². The number of nitrogen functional groups attached to an aromatic ring is 1. The van der Waals surface area contributed by atoms with Crippen LogP contribution in [0.15, 0.2) is 127 Å². The number of halogens is 1. The number of pyridine rings is 2. The molecule has 11 heteroatoms. The van der Waals surface area contributed by atoms with E-state index in [4.69, 9.17) is 15.2 Å². The zero-order chi connectivity index (χ0) is 33.4. The quantitative estimate of drug-likeness (QED) is 0.137. The van der Waals surface area contributed by atoms with E-state index in [1.807, 2.05) is 122 Å². The van der Waals surface area contributed by atoms with Crippen molar-refractivity contribution in [2.45, 2.75) is 39.9 Å². The van der Waals surface area contributed by atoms with Gasteiger partial charge in [0, 0.05) is 71.4 Å². The van der Waals surface area contributed by atoms with Gasteiger partial charge in [-0.3, -0.25) is 9.97 Å². The minimum atomic E-state index is 0.0126. The van der Waals surface area contributed by atoms with E-state index in [2.05, 4.69) is 47.2 Å². The Morgan fingerprint density at radius 1 is 0.723 bits per heavy atom. The van der Waals surface area contributed by atoms with E-state index in [0.717, 1.165) is 50.9 Å². The molecule has 6 aromatic rings. The molecule has 0 radical (unpaired) electrons. The number of nitrogens with one attached hydrogen (secondary N) is 1. The fourth-order valence-corrected chi connectivity index (χ4v) is 4.67. The molecular formula is C36H41BrN8O2. The number of imidazole rings is 2. The van der Waals surface area contributed by atoms with Crippen LogP contribution in [0.1, 0.15) is 51.3 Å². The van der Waals surface area contributed by atoms with Crippen LogP contribution in [0.2, 0.25) is 0 Å². The van der Waals surface area contributed by atoms with Crippen LogP contribution in [-0.4, -0.2) is 42.3 Å². The predicted molar refractivity (Wildman–Crippen MR) is 191 cm³/mol. The molecule has 4 aromatic heterocycles. The molecule has 2 aromatic carbocycles. The number of anilines is 3. The van der Waals surface area contributed by atoms with Crippen molar-refractivity contribution in [1.29, 1.82) is 0 Å². The Kier molecular flexibility index (Phi) is 13.7. The summed E-state index contributed by atoms with van der Waals surface area (Å²) in [5.74, 6) is 0. The molecule has 10 nitrogen and oxygen atoms in total.